The second-order valence-corrected chi connectivity index (χ2v) is 5.93. The predicted molar refractivity (Wildman–Crippen MR) is 98.8 cm³/mol. The number of ether oxygens (including phenoxy) is 1. The third kappa shape index (κ3) is 6.57. The van der Waals surface area contributed by atoms with Gasteiger partial charge < -0.3 is 9.64 Å². The number of aryl methyl sites for hydroxylation is 1. The molecule has 2 aromatic rings. The number of amides is 2. The maximum atomic E-state index is 11.8. The Morgan fingerprint density at radius 1 is 0.962 bits per heavy atom. The Morgan fingerprint density at radius 3 is 2.31 bits per heavy atom. The van der Waals surface area contributed by atoms with Crippen LogP contribution in [-0.2, 0) is 16.1 Å². The number of nitrogens with one attached hydrogen (secondary N) is 1. The van der Waals surface area contributed by atoms with E-state index in [0.717, 1.165) is 11.3 Å². The molecule has 0 radical (unpaired) electrons. The average molecular weight is 356 g/mol. The first kappa shape index (κ1) is 19.5. The largest absolute Gasteiger partial charge is 0.491 e. The lowest BCUT2D eigenvalue weighted by Crippen LogP contribution is -2.26. The first-order chi connectivity index (χ1) is 12.6. The maximum absolute atomic E-state index is 11.8. The molecule has 0 bridgehead atoms. The van der Waals surface area contributed by atoms with Gasteiger partial charge in [-0.05, 0) is 36.2 Å². The zero-order chi connectivity index (χ0) is 18.8. The second-order valence-electron chi connectivity index (χ2n) is 5.93. The van der Waals surface area contributed by atoms with Gasteiger partial charge in [0.25, 0.3) is 5.91 Å². The molecule has 26 heavy (non-hydrogen) atoms. The van der Waals surface area contributed by atoms with Crippen LogP contribution in [0, 0.1) is 0 Å². The highest BCUT2D eigenvalue weighted by Crippen LogP contribution is 2.09. The van der Waals surface area contributed by atoms with Crippen molar-refractivity contribution >= 4 is 11.8 Å². The predicted octanol–water partition coefficient (Wildman–Crippen LogP) is 2.45. The summed E-state index contributed by atoms with van der Waals surface area (Å²) in [6, 6.07) is 16.7. The molecule has 0 saturated carbocycles. The summed E-state index contributed by atoms with van der Waals surface area (Å²) in [6.45, 7) is 0.619. The van der Waals surface area contributed by atoms with E-state index in [1.54, 1.807) is 26.2 Å². The summed E-state index contributed by atoms with van der Waals surface area (Å²) in [5.74, 6) is 0.525. The zero-order valence-corrected chi connectivity index (χ0v) is 15.1. The van der Waals surface area contributed by atoms with Gasteiger partial charge in [0.2, 0.25) is 5.91 Å². The van der Waals surface area contributed by atoms with Gasteiger partial charge in [-0.25, -0.2) is 5.48 Å². The maximum Gasteiger partial charge on any atom is 0.253 e. The van der Waals surface area contributed by atoms with Gasteiger partial charge in [0.05, 0.1) is 0 Å². The molecule has 0 saturated heterocycles. The highest BCUT2D eigenvalue weighted by atomic mass is 16.7. The summed E-state index contributed by atoms with van der Waals surface area (Å²) in [5.41, 5.74) is 4.02. The SMILES string of the molecule is CN(C)C(=O)c1ccc(CCC(=O)NOCCOc2ccccc2)cc1. The van der Waals surface area contributed by atoms with E-state index >= 15 is 0 Å². The molecule has 0 aliphatic rings. The molecule has 0 fully saturated rings. The standard InChI is InChI=1S/C20H24N2O4/c1-22(2)20(24)17-11-8-16(9-12-17)10-13-19(23)21-26-15-14-25-18-6-4-3-5-7-18/h3-9,11-12H,10,13-15H2,1-2H3,(H,21,23). The molecule has 0 heterocycles. The Hall–Kier alpha value is -2.86. The van der Waals surface area contributed by atoms with Crippen molar-refractivity contribution in [3.8, 4) is 5.75 Å². The van der Waals surface area contributed by atoms with Gasteiger partial charge >= 0.3 is 0 Å². The Bertz CT molecular complexity index is 700. The molecule has 138 valence electrons. The van der Waals surface area contributed by atoms with E-state index in [4.69, 9.17) is 9.57 Å². The minimum atomic E-state index is -0.196. The van der Waals surface area contributed by atoms with Crippen LogP contribution >= 0.6 is 0 Å². The summed E-state index contributed by atoms with van der Waals surface area (Å²) >= 11 is 0. The normalized spacial score (nSPS) is 10.2. The van der Waals surface area contributed by atoms with E-state index in [2.05, 4.69) is 5.48 Å². The van der Waals surface area contributed by atoms with Crippen LogP contribution in [-0.4, -0.2) is 44.0 Å². The van der Waals surface area contributed by atoms with Crippen LogP contribution in [0.2, 0.25) is 0 Å². The molecule has 2 amide bonds. The fourth-order valence-electron chi connectivity index (χ4n) is 2.23. The van der Waals surface area contributed by atoms with Gasteiger partial charge in [-0.15, -0.1) is 0 Å². The lowest BCUT2D eigenvalue weighted by atomic mass is 10.1. The zero-order valence-electron chi connectivity index (χ0n) is 15.1. The molecule has 0 aliphatic carbocycles. The van der Waals surface area contributed by atoms with Crippen LogP contribution in [0.25, 0.3) is 0 Å². The molecule has 6 nitrogen and oxygen atoms in total. The van der Waals surface area contributed by atoms with Crippen molar-refractivity contribution in [1.82, 2.24) is 10.4 Å². The molecule has 0 spiro atoms. The minimum absolute atomic E-state index is 0.0413. The topological polar surface area (TPSA) is 67.9 Å². The van der Waals surface area contributed by atoms with Crippen molar-refractivity contribution in [2.45, 2.75) is 12.8 Å². The lowest BCUT2D eigenvalue weighted by Gasteiger charge is -2.10. The Labute approximate surface area is 153 Å². The summed E-state index contributed by atoms with van der Waals surface area (Å²) in [7, 11) is 3.43. The summed E-state index contributed by atoms with van der Waals surface area (Å²) in [4.78, 5) is 30.2. The van der Waals surface area contributed by atoms with Crippen LogP contribution in [0.3, 0.4) is 0 Å². The quantitative estimate of drug-likeness (QED) is 0.554. The Balaban J connectivity index is 1.62. The van der Waals surface area contributed by atoms with Crippen molar-refractivity contribution < 1.29 is 19.2 Å². The Morgan fingerprint density at radius 2 is 1.65 bits per heavy atom. The van der Waals surface area contributed by atoms with Gasteiger partial charge in [-0.1, -0.05) is 30.3 Å². The van der Waals surface area contributed by atoms with Crippen molar-refractivity contribution in [3.63, 3.8) is 0 Å². The van der Waals surface area contributed by atoms with Crippen LogP contribution in [0.1, 0.15) is 22.3 Å². The van der Waals surface area contributed by atoms with Gasteiger partial charge in [0.1, 0.15) is 19.0 Å². The molecule has 2 aromatic carbocycles. The average Bonchev–Trinajstić information content (AvgIpc) is 2.66. The van der Waals surface area contributed by atoms with Crippen molar-refractivity contribution in [1.29, 1.82) is 0 Å². The first-order valence-electron chi connectivity index (χ1n) is 8.45. The van der Waals surface area contributed by atoms with Crippen LogP contribution in [0.5, 0.6) is 5.75 Å². The second kappa shape index (κ2) is 10.2. The molecule has 0 unspecified atom stereocenters. The molecular weight excluding hydrogens is 332 g/mol. The number of hydroxylamine groups is 1. The molecule has 0 atom stereocenters. The third-order valence-electron chi connectivity index (χ3n) is 3.63. The highest BCUT2D eigenvalue weighted by Gasteiger charge is 2.08. The molecule has 0 aliphatic heterocycles. The number of benzene rings is 2. The van der Waals surface area contributed by atoms with E-state index < -0.39 is 0 Å². The Kier molecular flexibility index (Phi) is 7.64. The molecule has 0 aromatic heterocycles. The number of rotatable bonds is 9. The number of hydrogen-bond donors (Lipinski definition) is 1. The molecule has 2 rings (SSSR count). The van der Waals surface area contributed by atoms with Gasteiger partial charge in [-0.2, -0.15) is 0 Å². The smallest absolute Gasteiger partial charge is 0.253 e. The molecule has 6 heteroatoms. The van der Waals surface area contributed by atoms with Crippen molar-refractivity contribution in [2.75, 3.05) is 27.3 Å². The van der Waals surface area contributed by atoms with Crippen LogP contribution in [0.4, 0.5) is 0 Å². The van der Waals surface area contributed by atoms with Crippen LogP contribution < -0.4 is 10.2 Å². The van der Waals surface area contributed by atoms with Crippen LogP contribution in [0.15, 0.2) is 54.6 Å². The van der Waals surface area contributed by atoms with E-state index in [0.29, 0.717) is 25.0 Å². The summed E-state index contributed by atoms with van der Waals surface area (Å²) in [5, 5.41) is 0. The fraction of sp³-hybridized carbons (Fsp3) is 0.300. The number of para-hydroxylation sites is 1. The summed E-state index contributed by atoms with van der Waals surface area (Å²) < 4.78 is 5.46. The lowest BCUT2D eigenvalue weighted by molar-refractivity contribution is -0.134. The number of nitrogens with zero attached hydrogens (tertiary/aromatic N) is 1. The first-order valence-corrected chi connectivity index (χ1v) is 8.45. The van der Waals surface area contributed by atoms with E-state index in [-0.39, 0.29) is 18.4 Å². The monoisotopic (exact) mass is 356 g/mol. The number of carbonyl (C=O) groups is 2. The van der Waals surface area contributed by atoms with Crippen molar-refractivity contribution in [3.05, 3.63) is 65.7 Å². The fourth-order valence-corrected chi connectivity index (χ4v) is 2.23. The number of carbonyl (C=O) groups excluding carboxylic acids is 2. The third-order valence-corrected chi connectivity index (χ3v) is 3.63. The van der Waals surface area contributed by atoms with Crippen molar-refractivity contribution in [2.24, 2.45) is 0 Å². The summed E-state index contributed by atoms with van der Waals surface area (Å²) in [6.07, 6.45) is 0.882. The van der Waals surface area contributed by atoms with E-state index in [1.165, 1.54) is 4.90 Å². The molecule has 1 N–H and O–H groups in total. The van der Waals surface area contributed by atoms with E-state index in [9.17, 15) is 9.59 Å². The van der Waals surface area contributed by atoms with E-state index in [1.807, 2.05) is 42.5 Å². The molecular formula is C20H24N2O4. The minimum Gasteiger partial charge on any atom is -0.491 e. The van der Waals surface area contributed by atoms with Gasteiger partial charge in [0.15, 0.2) is 0 Å². The number of hydrogen-bond acceptors (Lipinski definition) is 4. The van der Waals surface area contributed by atoms with Gasteiger partial charge in [-0.3, -0.25) is 14.4 Å². The highest BCUT2D eigenvalue weighted by molar-refractivity contribution is 5.93. The van der Waals surface area contributed by atoms with Gasteiger partial charge in [0, 0.05) is 26.1 Å².